The van der Waals surface area contributed by atoms with Gasteiger partial charge in [0.05, 0.1) is 11.7 Å². The van der Waals surface area contributed by atoms with Crippen molar-refractivity contribution in [3.8, 4) is 17.5 Å². The first-order chi connectivity index (χ1) is 13.0. The lowest BCUT2D eigenvalue weighted by molar-refractivity contribution is 0.562. The summed E-state index contributed by atoms with van der Waals surface area (Å²) in [6.45, 7) is 0. The molecular weight excluding hydrogens is 374 g/mol. The van der Waals surface area contributed by atoms with Gasteiger partial charge in [0.15, 0.2) is 22.8 Å². The van der Waals surface area contributed by atoms with E-state index in [1.54, 1.807) is 24.3 Å². The molecule has 0 amide bonds. The Morgan fingerprint density at radius 1 is 0.963 bits per heavy atom. The lowest BCUT2D eigenvalue weighted by atomic mass is 10.1. The van der Waals surface area contributed by atoms with Crippen LogP contribution in [0.3, 0.4) is 0 Å². The Labute approximate surface area is 154 Å². The highest BCUT2D eigenvalue weighted by Crippen LogP contribution is 2.18. The summed E-state index contributed by atoms with van der Waals surface area (Å²) >= 11 is 0.706. The number of rotatable bonds is 1. The van der Waals surface area contributed by atoms with E-state index in [1.165, 1.54) is 0 Å². The Morgan fingerprint density at radius 3 is 2.33 bits per heavy atom. The number of hydrogen-bond acceptors (Lipinski definition) is 5. The van der Waals surface area contributed by atoms with Gasteiger partial charge in [-0.3, -0.25) is 9.78 Å². The monoisotopic (exact) mass is 382 g/mol. The maximum absolute atomic E-state index is 14.6. The van der Waals surface area contributed by atoms with E-state index in [2.05, 4.69) is 25.6 Å². The third-order valence-electron chi connectivity index (χ3n) is 3.69. The standard InChI is InChI=1S/C18H8F2N4O2S/c19-12-8-11(7-6-10-4-2-1-3-5-10)9-13(20)15(12)24-17(25)14-16(21-18(24)26)23-27-22-14/h1-5,8-9H,(H,21,23,26). The molecule has 4 aromatic rings. The molecule has 2 heterocycles. The van der Waals surface area contributed by atoms with Crippen LogP contribution in [-0.4, -0.2) is 18.3 Å². The molecule has 2 aromatic carbocycles. The van der Waals surface area contributed by atoms with Gasteiger partial charge in [-0.25, -0.2) is 18.1 Å². The summed E-state index contributed by atoms with van der Waals surface area (Å²) in [4.78, 5) is 26.8. The normalized spacial score (nSPS) is 10.6. The van der Waals surface area contributed by atoms with Crippen molar-refractivity contribution in [3.63, 3.8) is 0 Å². The smallest absolute Gasteiger partial charge is 0.289 e. The molecule has 132 valence electrons. The molecule has 0 spiro atoms. The van der Waals surface area contributed by atoms with Crippen molar-refractivity contribution >= 4 is 22.9 Å². The van der Waals surface area contributed by atoms with Gasteiger partial charge >= 0.3 is 5.69 Å². The highest BCUT2D eigenvalue weighted by molar-refractivity contribution is 7.00. The number of aromatic nitrogens is 4. The van der Waals surface area contributed by atoms with E-state index >= 15 is 0 Å². The third kappa shape index (κ3) is 3.02. The molecule has 0 saturated heterocycles. The van der Waals surface area contributed by atoms with Crippen molar-refractivity contribution in [1.82, 2.24) is 18.3 Å². The van der Waals surface area contributed by atoms with Gasteiger partial charge in [-0.05, 0) is 24.3 Å². The molecule has 0 fully saturated rings. The molecule has 0 atom stereocenters. The summed E-state index contributed by atoms with van der Waals surface area (Å²) in [5.41, 5.74) is -2.22. The second-order valence-electron chi connectivity index (χ2n) is 5.44. The van der Waals surface area contributed by atoms with E-state index in [0.29, 0.717) is 21.9 Å². The molecule has 0 aliphatic carbocycles. The van der Waals surface area contributed by atoms with Crippen LogP contribution in [0.4, 0.5) is 8.78 Å². The van der Waals surface area contributed by atoms with Gasteiger partial charge in [0.1, 0.15) is 5.69 Å². The van der Waals surface area contributed by atoms with E-state index in [1.807, 2.05) is 6.07 Å². The van der Waals surface area contributed by atoms with Crippen LogP contribution in [0.1, 0.15) is 11.1 Å². The van der Waals surface area contributed by atoms with Crippen molar-refractivity contribution in [2.45, 2.75) is 0 Å². The Hall–Kier alpha value is -3.64. The fraction of sp³-hybridized carbons (Fsp3) is 0. The summed E-state index contributed by atoms with van der Waals surface area (Å²) in [5.74, 6) is 3.24. The molecule has 27 heavy (non-hydrogen) atoms. The fourth-order valence-corrected chi connectivity index (χ4v) is 2.99. The number of fused-ring (bicyclic) bond motifs is 1. The summed E-state index contributed by atoms with van der Waals surface area (Å²) in [5, 5.41) is 0. The van der Waals surface area contributed by atoms with Crippen molar-refractivity contribution in [3.05, 3.63) is 86.1 Å². The van der Waals surface area contributed by atoms with E-state index in [0.717, 1.165) is 12.1 Å². The Morgan fingerprint density at radius 2 is 1.63 bits per heavy atom. The van der Waals surface area contributed by atoms with Crippen molar-refractivity contribution < 1.29 is 8.78 Å². The molecule has 0 radical (unpaired) electrons. The van der Waals surface area contributed by atoms with E-state index in [-0.39, 0.29) is 16.7 Å². The minimum absolute atomic E-state index is 0.0302. The number of aromatic amines is 1. The molecule has 0 saturated carbocycles. The highest BCUT2D eigenvalue weighted by atomic mass is 32.1. The molecular formula is C18H8F2N4O2S. The second kappa shape index (κ2) is 6.59. The highest BCUT2D eigenvalue weighted by Gasteiger charge is 2.19. The van der Waals surface area contributed by atoms with E-state index < -0.39 is 28.6 Å². The average Bonchev–Trinajstić information content (AvgIpc) is 3.11. The van der Waals surface area contributed by atoms with Gasteiger partial charge in [-0.15, -0.1) is 0 Å². The Kier molecular flexibility index (Phi) is 4.10. The molecule has 0 unspecified atom stereocenters. The zero-order chi connectivity index (χ0) is 19.0. The minimum Gasteiger partial charge on any atom is -0.289 e. The molecule has 1 N–H and O–H groups in total. The van der Waals surface area contributed by atoms with Crippen LogP contribution in [0.5, 0.6) is 0 Å². The summed E-state index contributed by atoms with van der Waals surface area (Å²) in [6, 6.07) is 10.8. The van der Waals surface area contributed by atoms with Crippen molar-refractivity contribution in [2.75, 3.05) is 0 Å². The lowest BCUT2D eigenvalue weighted by Gasteiger charge is -2.07. The quantitative estimate of drug-likeness (QED) is 0.512. The van der Waals surface area contributed by atoms with Crippen LogP contribution in [0.25, 0.3) is 16.9 Å². The summed E-state index contributed by atoms with van der Waals surface area (Å²) < 4.78 is 37.0. The zero-order valence-electron chi connectivity index (χ0n) is 13.4. The van der Waals surface area contributed by atoms with Crippen LogP contribution >= 0.6 is 11.7 Å². The predicted molar refractivity (Wildman–Crippen MR) is 96.0 cm³/mol. The first-order valence-electron chi connectivity index (χ1n) is 7.58. The van der Waals surface area contributed by atoms with Crippen LogP contribution in [0.15, 0.2) is 52.1 Å². The van der Waals surface area contributed by atoms with Gasteiger partial charge in [-0.2, -0.15) is 8.75 Å². The minimum atomic E-state index is -1.09. The summed E-state index contributed by atoms with van der Waals surface area (Å²) in [6.07, 6.45) is 0. The first-order valence-corrected chi connectivity index (χ1v) is 8.32. The van der Waals surface area contributed by atoms with Crippen LogP contribution in [-0.2, 0) is 0 Å². The van der Waals surface area contributed by atoms with Gasteiger partial charge in [-0.1, -0.05) is 30.0 Å². The van der Waals surface area contributed by atoms with Gasteiger partial charge in [0, 0.05) is 11.1 Å². The molecule has 4 rings (SSSR count). The number of benzene rings is 2. The largest absolute Gasteiger partial charge is 0.334 e. The topological polar surface area (TPSA) is 80.6 Å². The van der Waals surface area contributed by atoms with Crippen LogP contribution < -0.4 is 11.2 Å². The van der Waals surface area contributed by atoms with Crippen LogP contribution in [0, 0.1) is 23.5 Å². The number of hydrogen-bond donors (Lipinski definition) is 1. The summed E-state index contributed by atoms with van der Waals surface area (Å²) in [7, 11) is 0. The molecule has 9 heteroatoms. The fourth-order valence-electron chi connectivity index (χ4n) is 2.49. The molecule has 6 nitrogen and oxygen atoms in total. The SMILES string of the molecule is O=c1[nH]c2nsnc2c(=O)n1-c1c(F)cc(C#Cc2ccccc2)cc1F. The molecule has 2 aromatic heterocycles. The predicted octanol–water partition coefficient (Wildman–Crippen LogP) is 2.21. The van der Waals surface area contributed by atoms with Gasteiger partial charge in [0.2, 0.25) is 0 Å². The third-order valence-corrected chi connectivity index (χ3v) is 4.22. The van der Waals surface area contributed by atoms with E-state index in [4.69, 9.17) is 0 Å². The lowest BCUT2D eigenvalue weighted by Crippen LogP contribution is -2.35. The van der Waals surface area contributed by atoms with Gasteiger partial charge in [0.25, 0.3) is 5.56 Å². The zero-order valence-corrected chi connectivity index (χ0v) is 14.2. The van der Waals surface area contributed by atoms with Crippen molar-refractivity contribution in [1.29, 1.82) is 0 Å². The van der Waals surface area contributed by atoms with Crippen molar-refractivity contribution in [2.24, 2.45) is 0 Å². The number of H-pyrrole nitrogens is 1. The maximum Gasteiger partial charge on any atom is 0.334 e. The molecule has 0 aliphatic heterocycles. The Balaban J connectivity index is 1.86. The van der Waals surface area contributed by atoms with Gasteiger partial charge < -0.3 is 0 Å². The molecule has 0 aliphatic rings. The number of nitrogens with one attached hydrogen (secondary N) is 1. The molecule has 0 bridgehead atoms. The number of nitrogens with zero attached hydrogens (tertiary/aromatic N) is 3. The Bertz CT molecular complexity index is 1320. The second-order valence-corrected chi connectivity index (χ2v) is 5.97. The number of halogens is 2. The average molecular weight is 382 g/mol. The van der Waals surface area contributed by atoms with E-state index in [9.17, 15) is 18.4 Å². The maximum atomic E-state index is 14.6. The first kappa shape index (κ1) is 16.8. The van der Waals surface area contributed by atoms with Crippen LogP contribution in [0.2, 0.25) is 0 Å².